The maximum atomic E-state index is 12.1. The highest BCUT2D eigenvalue weighted by atomic mass is 16.5. The van der Waals surface area contributed by atoms with Crippen molar-refractivity contribution in [1.29, 1.82) is 0 Å². The van der Waals surface area contributed by atoms with Crippen molar-refractivity contribution in [3.05, 3.63) is 30.1 Å². The normalized spacial score (nSPS) is 9.89. The van der Waals surface area contributed by atoms with Gasteiger partial charge in [-0.1, -0.05) is 0 Å². The molecule has 5 heteroatoms. The third-order valence-corrected chi connectivity index (χ3v) is 2.47. The minimum Gasteiger partial charge on any atom is -0.466 e. The van der Waals surface area contributed by atoms with E-state index in [0.717, 1.165) is 0 Å². The number of pyridine rings is 1. The second kappa shape index (κ2) is 7.42. The van der Waals surface area contributed by atoms with Crippen LogP contribution < -0.4 is 0 Å². The smallest absolute Gasteiger partial charge is 0.307 e. The maximum Gasteiger partial charge on any atom is 0.307 e. The molecule has 5 nitrogen and oxygen atoms in total. The highest BCUT2D eigenvalue weighted by Gasteiger charge is 2.15. The molecule has 0 fully saturated rings. The molecule has 0 atom stereocenters. The van der Waals surface area contributed by atoms with E-state index in [2.05, 4.69) is 4.98 Å². The van der Waals surface area contributed by atoms with Crippen LogP contribution in [-0.2, 0) is 9.53 Å². The Labute approximate surface area is 107 Å². The molecule has 0 saturated heterocycles. The summed E-state index contributed by atoms with van der Waals surface area (Å²) in [5, 5.41) is 0. The van der Waals surface area contributed by atoms with E-state index in [1.807, 2.05) is 6.92 Å². The summed E-state index contributed by atoms with van der Waals surface area (Å²) >= 11 is 0. The Balaban J connectivity index is 2.56. The fraction of sp³-hybridized carbons (Fsp3) is 0.462. The van der Waals surface area contributed by atoms with Crippen LogP contribution in [0.3, 0.4) is 0 Å². The van der Waals surface area contributed by atoms with Crippen LogP contribution in [0.5, 0.6) is 0 Å². The number of carbonyl (C=O) groups excluding carboxylic acids is 2. The van der Waals surface area contributed by atoms with Crippen LogP contribution in [0.2, 0.25) is 0 Å². The van der Waals surface area contributed by atoms with E-state index >= 15 is 0 Å². The van der Waals surface area contributed by atoms with Crippen LogP contribution in [0.4, 0.5) is 0 Å². The standard InChI is InChI=1S/C13H18N2O3/c1-3-15(9-7-12(16)18-4-2)13(17)11-6-5-8-14-10-11/h5-6,8,10H,3-4,7,9H2,1-2H3. The Morgan fingerprint density at radius 2 is 2.17 bits per heavy atom. The van der Waals surface area contributed by atoms with E-state index in [1.54, 1.807) is 30.2 Å². The Morgan fingerprint density at radius 3 is 2.72 bits per heavy atom. The van der Waals surface area contributed by atoms with Crippen molar-refractivity contribution in [1.82, 2.24) is 9.88 Å². The van der Waals surface area contributed by atoms with Crippen LogP contribution in [0, 0.1) is 0 Å². The second-order valence-electron chi connectivity index (χ2n) is 3.68. The zero-order valence-electron chi connectivity index (χ0n) is 10.8. The summed E-state index contributed by atoms with van der Waals surface area (Å²) in [6.45, 7) is 4.91. The Kier molecular flexibility index (Phi) is 5.84. The molecule has 0 radical (unpaired) electrons. The second-order valence-corrected chi connectivity index (χ2v) is 3.68. The molecule has 1 rings (SSSR count). The Hall–Kier alpha value is -1.91. The SMILES string of the molecule is CCOC(=O)CCN(CC)C(=O)c1cccnc1. The number of aromatic nitrogens is 1. The fourth-order valence-corrected chi connectivity index (χ4v) is 1.53. The minimum atomic E-state index is -0.282. The molecule has 0 aromatic carbocycles. The average Bonchev–Trinajstić information content (AvgIpc) is 2.40. The lowest BCUT2D eigenvalue weighted by molar-refractivity contribution is -0.143. The summed E-state index contributed by atoms with van der Waals surface area (Å²) in [6.07, 6.45) is 3.36. The molecule has 1 heterocycles. The lowest BCUT2D eigenvalue weighted by atomic mass is 10.2. The first kappa shape index (κ1) is 14.2. The number of hydrogen-bond acceptors (Lipinski definition) is 4. The Bertz CT molecular complexity index is 392. The fourth-order valence-electron chi connectivity index (χ4n) is 1.53. The van der Waals surface area contributed by atoms with Crippen molar-refractivity contribution in [2.24, 2.45) is 0 Å². The van der Waals surface area contributed by atoms with Gasteiger partial charge in [0.2, 0.25) is 0 Å². The van der Waals surface area contributed by atoms with Gasteiger partial charge in [0.25, 0.3) is 5.91 Å². The van der Waals surface area contributed by atoms with Crippen molar-refractivity contribution >= 4 is 11.9 Å². The van der Waals surface area contributed by atoms with Crippen molar-refractivity contribution < 1.29 is 14.3 Å². The highest BCUT2D eigenvalue weighted by Crippen LogP contribution is 2.04. The van der Waals surface area contributed by atoms with Gasteiger partial charge in [0.15, 0.2) is 0 Å². The summed E-state index contributed by atoms with van der Waals surface area (Å²) in [7, 11) is 0. The minimum absolute atomic E-state index is 0.116. The van der Waals surface area contributed by atoms with Gasteiger partial charge in [-0.2, -0.15) is 0 Å². The first-order valence-corrected chi connectivity index (χ1v) is 6.04. The largest absolute Gasteiger partial charge is 0.466 e. The zero-order valence-corrected chi connectivity index (χ0v) is 10.8. The van der Waals surface area contributed by atoms with Crippen molar-refractivity contribution in [2.45, 2.75) is 20.3 Å². The lowest BCUT2D eigenvalue weighted by Gasteiger charge is -2.20. The van der Waals surface area contributed by atoms with Crippen LogP contribution in [0.15, 0.2) is 24.5 Å². The summed E-state index contributed by atoms with van der Waals surface area (Å²) in [5.74, 6) is -0.398. The molecule has 0 spiro atoms. The molecule has 0 bridgehead atoms. The van der Waals surface area contributed by atoms with Gasteiger partial charge in [0.05, 0.1) is 18.6 Å². The van der Waals surface area contributed by atoms with E-state index in [1.165, 1.54) is 6.20 Å². The number of nitrogens with zero attached hydrogens (tertiary/aromatic N) is 2. The van der Waals surface area contributed by atoms with E-state index in [9.17, 15) is 9.59 Å². The topological polar surface area (TPSA) is 59.5 Å². The molecule has 0 unspecified atom stereocenters. The number of rotatable bonds is 6. The van der Waals surface area contributed by atoms with E-state index in [4.69, 9.17) is 4.74 Å². The van der Waals surface area contributed by atoms with E-state index in [0.29, 0.717) is 25.3 Å². The third-order valence-electron chi connectivity index (χ3n) is 2.47. The van der Waals surface area contributed by atoms with Gasteiger partial charge in [-0.3, -0.25) is 14.6 Å². The van der Waals surface area contributed by atoms with Crippen molar-refractivity contribution in [3.8, 4) is 0 Å². The molecule has 0 aliphatic heterocycles. The third kappa shape index (κ3) is 4.16. The van der Waals surface area contributed by atoms with E-state index in [-0.39, 0.29) is 18.3 Å². The van der Waals surface area contributed by atoms with Gasteiger partial charge in [0, 0.05) is 25.5 Å². The number of carbonyl (C=O) groups is 2. The predicted octanol–water partition coefficient (Wildman–Crippen LogP) is 1.50. The van der Waals surface area contributed by atoms with Crippen LogP contribution in [-0.4, -0.2) is 41.5 Å². The summed E-state index contributed by atoms with van der Waals surface area (Å²) < 4.78 is 4.83. The van der Waals surface area contributed by atoms with Crippen molar-refractivity contribution in [2.75, 3.05) is 19.7 Å². The van der Waals surface area contributed by atoms with Crippen molar-refractivity contribution in [3.63, 3.8) is 0 Å². The van der Waals surface area contributed by atoms with Gasteiger partial charge in [0.1, 0.15) is 0 Å². The zero-order chi connectivity index (χ0) is 13.4. The summed E-state index contributed by atoms with van der Waals surface area (Å²) in [6, 6.07) is 3.43. The van der Waals surface area contributed by atoms with Gasteiger partial charge in [-0.25, -0.2) is 0 Å². The molecule has 1 aromatic rings. The van der Waals surface area contributed by atoms with E-state index < -0.39 is 0 Å². The van der Waals surface area contributed by atoms with Gasteiger partial charge >= 0.3 is 5.97 Å². The van der Waals surface area contributed by atoms with Gasteiger partial charge in [-0.15, -0.1) is 0 Å². The number of hydrogen-bond donors (Lipinski definition) is 0. The van der Waals surface area contributed by atoms with Crippen LogP contribution in [0.25, 0.3) is 0 Å². The maximum absolute atomic E-state index is 12.1. The monoisotopic (exact) mass is 250 g/mol. The number of ether oxygens (including phenoxy) is 1. The molecule has 0 N–H and O–H groups in total. The molecular formula is C13H18N2O3. The molecule has 0 aliphatic carbocycles. The quantitative estimate of drug-likeness (QED) is 0.718. The summed E-state index contributed by atoms with van der Waals surface area (Å²) in [5.41, 5.74) is 0.531. The highest BCUT2D eigenvalue weighted by molar-refractivity contribution is 5.94. The first-order chi connectivity index (χ1) is 8.69. The van der Waals surface area contributed by atoms with Gasteiger partial charge < -0.3 is 9.64 Å². The number of esters is 1. The molecule has 98 valence electrons. The summed E-state index contributed by atoms with van der Waals surface area (Å²) in [4.78, 5) is 28.8. The molecule has 1 aromatic heterocycles. The van der Waals surface area contributed by atoms with Gasteiger partial charge in [-0.05, 0) is 26.0 Å². The first-order valence-electron chi connectivity index (χ1n) is 6.04. The molecular weight excluding hydrogens is 232 g/mol. The number of amides is 1. The Morgan fingerprint density at radius 1 is 1.39 bits per heavy atom. The lowest BCUT2D eigenvalue weighted by Crippen LogP contribution is -2.33. The van der Waals surface area contributed by atoms with Crippen LogP contribution in [0.1, 0.15) is 30.6 Å². The molecule has 18 heavy (non-hydrogen) atoms. The molecule has 0 saturated carbocycles. The molecule has 1 amide bonds. The molecule has 0 aliphatic rings. The van der Waals surface area contributed by atoms with Crippen LogP contribution >= 0.6 is 0 Å². The predicted molar refractivity (Wildman–Crippen MR) is 67.1 cm³/mol. The average molecular weight is 250 g/mol.